The highest BCUT2D eigenvalue weighted by Crippen LogP contribution is 2.40. The van der Waals surface area contributed by atoms with E-state index in [1.807, 2.05) is 49.4 Å². The van der Waals surface area contributed by atoms with Crippen LogP contribution >= 0.6 is 0 Å². The summed E-state index contributed by atoms with van der Waals surface area (Å²) >= 11 is 0. The van der Waals surface area contributed by atoms with Gasteiger partial charge in [-0.25, -0.2) is 4.98 Å². The van der Waals surface area contributed by atoms with Crippen molar-refractivity contribution >= 4 is 5.78 Å². The lowest BCUT2D eigenvalue weighted by Crippen LogP contribution is -2.15. The molecule has 7 nitrogen and oxygen atoms in total. The number of carbonyl (C=O) groups is 1. The number of ether oxygens (including phenoxy) is 3. The molecule has 3 aromatic rings. The molecule has 1 atom stereocenters. The van der Waals surface area contributed by atoms with Crippen molar-refractivity contribution in [1.82, 2.24) is 9.97 Å². The monoisotopic (exact) mass is 408 g/mol. The van der Waals surface area contributed by atoms with Gasteiger partial charge in [-0.1, -0.05) is 37.3 Å². The second-order valence-corrected chi connectivity index (χ2v) is 6.83. The van der Waals surface area contributed by atoms with Crippen LogP contribution in [0.3, 0.4) is 0 Å². The highest BCUT2D eigenvalue weighted by atomic mass is 16.5. The average molecular weight is 408 g/mol. The van der Waals surface area contributed by atoms with Crippen LogP contribution in [0, 0.1) is 0 Å². The number of nitrogens with zero attached hydrogens (tertiary/aromatic N) is 1. The Morgan fingerprint density at radius 2 is 1.63 bits per heavy atom. The maximum Gasteiger partial charge on any atom is 0.251 e. The Kier molecular flexibility index (Phi) is 6.51. The predicted molar refractivity (Wildman–Crippen MR) is 114 cm³/mol. The highest BCUT2D eigenvalue weighted by Gasteiger charge is 2.20. The molecule has 0 saturated carbocycles. The zero-order chi connectivity index (χ0) is 21.7. The van der Waals surface area contributed by atoms with Gasteiger partial charge < -0.3 is 19.2 Å². The average Bonchev–Trinajstić information content (AvgIpc) is 2.77. The summed E-state index contributed by atoms with van der Waals surface area (Å²) < 4.78 is 16.1. The van der Waals surface area contributed by atoms with Crippen molar-refractivity contribution in [1.29, 1.82) is 0 Å². The summed E-state index contributed by atoms with van der Waals surface area (Å²) in [4.78, 5) is 32.0. The molecule has 0 spiro atoms. The zero-order valence-electron chi connectivity index (χ0n) is 17.4. The van der Waals surface area contributed by atoms with E-state index in [-0.39, 0.29) is 29.4 Å². The summed E-state index contributed by atoms with van der Waals surface area (Å²) in [5, 5.41) is 0. The van der Waals surface area contributed by atoms with Gasteiger partial charge in [0.1, 0.15) is 11.5 Å². The highest BCUT2D eigenvalue weighted by molar-refractivity contribution is 5.95. The molecule has 0 amide bonds. The van der Waals surface area contributed by atoms with Crippen LogP contribution in [0.25, 0.3) is 11.4 Å². The lowest BCUT2D eigenvalue weighted by Gasteiger charge is -2.17. The van der Waals surface area contributed by atoms with Crippen LogP contribution in [0.1, 0.15) is 35.3 Å². The van der Waals surface area contributed by atoms with Gasteiger partial charge >= 0.3 is 0 Å². The molecule has 0 aliphatic heterocycles. The van der Waals surface area contributed by atoms with Crippen LogP contribution < -0.4 is 19.8 Å². The first-order chi connectivity index (χ1) is 14.5. The van der Waals surface area contributed by atoms with Gasteiger partial charge in [0.25, 0.3) is 5.56 Å². The molecule has 0 fully saturated rings. The molecule has 0 bridgehead atoms. The number of rotatable bonds is 8. The minimum Gasteiger partial charge on any atom is -0.493 e. The van der Waals surface area contributed by atoms with Crippen molar-refractivity contribution in [2.45, 2.75) is 19.3 Å². The predicted octanol–water partition coefficient (Wildman–Crippen LogP) is 3.84. The number of H-pyrrole nitrogens is 1. The van der Waals surface area contributed by atoms with Gasteiger partial charge in [0.15, 0.2) is 17.3 Å². The summed E-state index contributed by atoms with van der Waals surface area (Å²) in [6.45, 7) is 1.92. The quantitative estimate of drug-likeness (QED) is 0.570. The summed E-state index contributed by atoms with van der Waals surface area (Å²) in [7, 11) is 4.63. The van der Waals surface area contributed by atoms with Gasteiger partial charge in [-0.2, -0.15) is 0 Å². The molecule has 30 heavy (non-hydrogen) atoms. The standard InChI is InChI=1S/C23H24N2O5/c1-14(16-11-19(28-2)22(30-4)20(12-16)29-3)10-18(26)17-13-21(27)25-23(24-17)15-8-6-5-7-9-15/h5-9,11-14H,10H2,1-4H3,(H,24,25,27). The summed E-state index contributed by atoms with van der Waals surface area (Å²) in [5.41, 5.74) is 1.36. The Morgan fingerprint density at radius 3 is 2.20 bits per heavy atom. The van der Waals surface area contributed by atoms with E-state index in [9.17, 15) is 9.59 Å². The van der Waals surface area contributed by atoms with E-state index in [0.29, 0.717) is 23.1 Å². The van der Waals surface area contributed by atoms with E-state index in [1.54, 1.807) is 14.2 Å². The van der Waals surface area contributed by atoms with E-state index in [0.717, 1.165) is 11.1 Å². The van der Waals surface area contributed by atoms with Gasteiger partial charge in [0.2, 0.25) is 5.75 Å². The van der Waals surface area contributed by atoms with Crippen LogP contribution in [0.15, 0.2) is 53.3 Å². The fraction of sp³-hybridized carbons (Fsp3) is 0.261. The number of methoxy groups -OCH3 is 3. The fourth-order valence-electron chi connectivity index (χ4n) is 3.22. The lowest BCUT2D eigenvalue weighted by atomic mass is 9.94. The molecular weight excluding hydrogens is 384 g/mol. The first-order valence-electron chi connectivity index (χ1n) is 9.46. The van der Waals surface area contributed by atoms with Gasteiger partial charge in [0.05, 0.1) is 21.3 Å². The Bertz CT molecular complexity index is 1070. The van der Waals surface area contributed by atoms with Gasteiger partial charge in [-0.05, 0) is 23.6 Å². The van der Waals surface area contributed by atoms with Gasteiger partial charge in [0, 0.05) is 18.1 Å². The Hall–Kier alpha value is -3.61. The van der Waals surface area contributed by atoms with Crippen molar-refractivity contribution in [3.63, 3.8) is 0 Å². The van der Waals surface area contributed by atoms with Crippen LogP contribution in [0.4, 0.5) is 0 Å². The second-order valence-electron chi connectivity index (χ2n) is 6.83. The number of ketones is 1. The first kappa shape index (κ1) is 21.1. The number of aromatic amines is 1. The number of nitrogens with one attached hydrogen (secondary N) is 1. The lowest BCUT2D eigenvalue weighted by molar-refractivity contribution is 0.0970. The third kappa shape index (κ3) is 4.51. The number of Topliss-reactive ketones (excluding diaryl/α,β-unsaturated/α-hetero) is 1. The molecule has 156 valence electrons. The van der Waals surface area contributed by atoms with Crippen molar-refractivity contribution < 1.29 is 19.0 Å². The number of benzene rings is 2. The largest absolute Gasteiger partial charge is 0.493 e. The first-order valence-corrected chi connectivity index (χ1v) is 9.46. The number of aromatic nitrogens is 2. The van der Waals surface area contributed by atoms with Crippen molar-refractivity contribution in [3.8, 4) is 28.6 Å². The van der Waals surface area contributed by atoms with Gasteiger partial charge in [-0.3, -0.25) is 9.59 Å². The molecule has 0 radical (unpaired) electrons. The normalized spacial score (nSPS) is 11.6. The third-order valence-electron chi connectivity index (χ3n) is 4.82. The van der Waals surface area contributed by atoms with E-state index in [4.69, 9.17) is 14.2 Å². The molecule has 0 aliphatic rings. The third-order valence-corrected chi connectivity index (χ3v) is 4.82. The summed E-state index contributed by atoms with van der Waals surface area (Å²) in [6.07, 6.45) is 0.170. The van der Waals surface area contributed by atoms with Gasteiger partial charge in [-0.15, -0.1) is 0 Å². The maximum atomic E-state index is 12.9. The molecule has 3 rings (SSSR count). The Labute approximate surface area is 174 Å². The summed E-state index contributed by atoms with van der Waals surface area (Å²) in [6, 6.07) is 14.1. The Morgan fingerprint density at radius 1 is 1.00 bits per heavy atom. The van der Waals surface area contributed by atoms with Crippen molar-refractivity contribution in [3.05, 3.63) is 70.1 Å². The SMILES string of the molecule is COc1cc(C(C)CC(=O)c2cc(=O)[nH]c(-c3ccccc3)n2)cc(OC)c1OC. The molecule has 1 N–H and O–H groups in total. The zero-order valence-corrected chi connectivity index (χ0v) is 17.4. The molecule has 0 aliphatic carbocycles. The van der Waals surface area contributed by atoms with E-state index >= 15 is 0 Å². The van der Waals surface area contributed by atoms with Crippen LogP contribution in [-0.2, 0) is 0 Å². The minimum atomic E-state index is -0.368. The number of carbonyl (C=O) groups excluding carboxylic acids is 1. The van der Waals surface area contributed by atoms with Crippen LogP contribution in [0.5, 0.6) is 17.2 Å². The van der Waals surface area contributed by atoms with Crippen LogP contribution in [-0.4, -0.2) is 37.1 Å². The molecule has 1 unspecified atom stereocenters. The smallest absolute Gasteiger partial charge is 0.251 e. The summed E-state index contributed by atoms with van der Waals surface area (Å²) in [5.74, 6) is 1.52. The molecule has 1 aromatic heterocycles. The molecular formula is C23H24N2O5. The number of hydrogen-bond acceptors (Lipinski definition) is 6. The maximum absolute atomic E-state index is 12.9. The second kappa shape index (κ2) is 9.26. The molecule has 2 aromatic carbocycles. The Balaban J connectivity index is 1.88. The topological polar surface area (TPSA) is 90.5 Å². The number of hydrogen-bond donors (Lipinski definition) is 1. The minimum absolute atomic E-state index is 0.136. The van der Waals surface area contributed by atoms with Crippen LogP contribution in [0.2, 0.25) is 0 Å². The van der Waals surface area contributed by atoms with E-state index in [1.165, 1.54) is 13.2 Å². The van der Waals surface area contributed by atoms with E-state index in [2.05, 4.69) is 9.97 Å². The van der Waals surface area contributed by atoms with E-state index < -0.39 is 0 Å². The molecule has 1 heterocycles. The molecule has 0 saturated heterocycles. The van der Waals surface area contributed by atoms with Crippen molar-refractivity contribution in [2.75, 3.05) is 21.3 Å². The fourth-order valence-corrected chi connectivity index (χ4v) is 3.22. The van der Waals surface area contributed by atoms with Crippen molar-refractivity contribution in [2.24, 2.45) is 0 Å². The molecule has 7 heteroatoms.